The predicted octanol–water partition coefficient (Wildman–Crippen LogP) is -0.846. The summed E-state index contributed by atoms with van der Waals surface area (Å²) >= 11 is 0. The van der Waals surface area contributed by atoms with Crippen molar-refractivity contribution in [3.8, 4) is 0 Å². The normalized spacial score (nSPS) is 34.5. The Balaban J connectivity index is 1.61. The molecule has 188 valence electrons. The molecular weight excluding hydrogens is 400 g/mol. The maximum absolute atomic E-state index is 3.66. The molecule has 3 fully saturated rings. The number of hydrogen-bond donors (Lipinski definition) is 4. The van der Waals surface area contributed by atoms with Crippen LogP contribution in [0.2, 0.25) is 0 Å². The van der Waals surface area contributed by atoms with Crippen LogP contribution in [0.5, 0.6) is 0 Å². The molecule has 8 heteroatoms. The number of hydrogen-bond acceptors (Lipinski definition) is 8. The molecule has 32 heavy (non-hydrogen) atoms. The maximum atomic E-state index is 3.66. The van der Waals surface area contributed by atoms with Crippen LogP contribution in [0.3, 0.4) is 0 Å². The van der Waals surface area contributed by atoms with Crippen LogP contribution in [0.4, 0.5) is 0 Å². The van der Waals surface area contributed by atoms with E-state index in [0.717, 1.165) is 52.4 Å². The zero-order chi connectivity index (χ0) is 22.1. The van der Waals surface area contributed by atoms with E-state index in [1.54, 1.807) is 0 Å². The summed E-state index contributed by atoms with van der Waals surface area (Å²) in [5.74, 6) is 0. The second-order valence-electron chi connectivity index (χ2n) is 9.78. The molecule has 0 saturated carbocycles. The molecule has 0 radical (unpaired) electrons. The van der Waals surface area contributed by atoms with Gasteiger partial charge in [-0.2, -0.15) is 0 Å². The summed E-state index contributed by atoms with van der Waals surface area (Å²) in [5.41, 5.74) is 0. The van der Waals surface area contributed by atoms with Gasteiger partial charge < -0.3 is 40.9 Å². The zero-order valence-corrected chi connectivity index (χ0v) is 20.8. The highest BCUT2D eigenvalue weighted by molar-refractivity contribution is 4.73. The van der Waals surface area contributed by atoms with Crippen molar-refractivity contribution in [2.45, 2.75) is 25.7 Å². The summed E-state index contributed by atoms with van der Waals surface area (Å²) in [4.78, 5) is 10.9. The number of nitrogens with zero attached hydrogens (tertiary/aromatic N) is 4. The first kappa shape index (κ1) is 26.3. The molecule has 4 bridgehead atoms. The van der Waals surface area contributed by atoms with Crippen molar-refractivity contribution in [2.75, 3.05) is 131 Å². The van der Waals surface area contributed by atoms with Crippen LogP contribution >= 0.6 is 0 Å². The van der Waals surface area contributed by atoms with Crippen LogP contribution in [0.25, 0.3) is 0 Å². The Morgan fingerprint density at radius 3 is 0.812 bits per heavy atom. The number of rotatable bonds is 0. The molecule has 3 aliphatic heterocycles. The molecule has 0 aromatic carbocycles. The van der Waals surface area contributed by atoms with Crippen LogP contribution in [-0.4, -0.2) is 150 Å². The van der Waals surface area contributed by atoms with Gasteiger partial charge in [0.1, 0.15) is 0 Å². The lowest BCUT2D eigenvalue weighted by molar-refractivity contribution is 0.160. The van der Waals surface area contributed by atoms with Gasteiger partial charge in [-0.1, -0.05) is 0 Å². The number of nitrogens with one attached hydrogen (secondary N) is 4. The van der Waals surface area contributed by atoms with Crippen molar-refractivity contribution in [3.63, 3.8) is 0 Å². The molecule has 8 nitrogen and oxygen atoms in total. The van der Waals surface area contributed by atoms with Gasteiger partial charge in [0, 0.05) is 78.5 Å². The molecule has 0 amide bonds. The maximum Gasteiger partial charge on any atom is 0.0110 e. The quantitative estimate of drug-likeness (QED) is 0.379. The largest absolute Gasteiger partial charge is 0.315 e. The fraction of sp³-hybridized carbons (Fsp3) is 1.00. The Morgan fingerprint density at radius 1 is 0.250 bits per heavy atom. The lowest BCUT2D eigenvalue weighted by Gasteiger charge is -2.32. The van der Waals surface area contributed by atoms with Gasteiger partial charge in [0.25, 0.3) is 0 Å². The molecule has 0 aliphatic carbocycles. The highest BCUT2D eigenvalue weighted by atomic mass is 15.2. The SMILES string of the molecule is C1CNCCN2CCCN3CCNCCCNCCN(CCCN(CCNC1)CC2)CC3. The molecule has 4 atom stereocenters. The third-order valence-electron chi connectivity index (χ3n) is 7.20. The second kappa shape index (κ2) is 17.2. The van der Waals surface area contributed by atoms with E-state index in [-0.39, 0.29) is 0 Å². The first-order valence-electron chi connectivity index (χ1n) is 13.6. The average Bonchev–Trinajstić information content (AvgIpc) is 2.83. The lowest BCUT2D eigenvalue weighted by atomic mass is 10.2. The molecule has 4 N–H and O–H groups in total. The Labute approximate surface area is 197 Å². The first-order valence-corrected chi connectivity index (χ1v) is 13.6. The molecule has 3 aliphatic rings. The van der Waals surface area contributed by atoms with E-state index in [2.05, 4.69) is 40.9 Å². The Kier molecular flexibility index (Phi) is 14.1. The molecular formula is C24H52N8. The molecule has 0 aromatic rings. The Morgan fingerprint density at radius 2 is 0.531 bits per heavy atom. The van der Waals surface area contributed by atoms with Gasteiger partial charge in [-0.15, -0.1) is 0 Å². The highest BCUT2D eigenvalue weighted by Crippen LogP contribution is 2.03. The van der Waals surface area contributed by atoms with Crippen molar-refractivity contribution >= 4 is 0 Å². The van der Waals surface area contributed by atoms with Crippen LogP contribution in [0.15, 0.2) is 0 Å². The van der Waals surface area contributed by atoms with Gasteiger partial charge in [-0.3, -0.25) is 0 Å². The predicted molar refractivity (Wildman–Crippen MR) is 136 cm³/mol. The standard InChI is InChI=1S/C24H52N8/c1-5-25-9-17-29-13-3-15-31-19-11-27-7-2-8-28-12-20-32(24-23-31)16-4-14-30(22-21-29)18-10-26-6-1/h25-28H,1-24H2. The summed E-state index contributed by atoms with van der Waals surface area (Å²) in [7, 11) is 0. The summed E-state index contributed by atoms with van der Waals surface area (Å²) in [6, 6.07) is 0. The molecule has 3 rings (SSSR count). The van der Waals surface area contributed by atoms with E-state index < -0.39 is 0 Å². The van der Waals surface area contributed by atoms with Gasteiger partial charge >= 0.3 is 0 Å². The minimum Gasteiger partial charge on any atom is -0.315 e. The van der Waals surface area contributed by atoms with Gasteiger partial charge in [0.05, 0.1) is 0 Å². The van der Waals surface area contributed by atoms with E-state index in [4.69, 9.17) is 0 Å². The fourth-order valence-corrected chi connectivity index (χ4v) is 5.07. The van der Waals surface area contributed by atoms with Crippen LogP contribution < -0.4 is 21.3 Å². The molecule has 3 saturated heterocycles. The minimum absolute atomic E-state index is 1.12. The van der Waals surface area contributed by atoms with Crippen molar-refractivity contribution < 1.29 is 0 Å². The lowest BCUT2D eigenvalue weighted by Crippen LogP contribution is -2.44. The fourth-order valence-electron chi connectivity index (χ4n) is 5.07. The third-order valence-corrected chi connectivity index (χ3v) is 7.20. The molecule has 3 heterocycles. The topological polar surface area (TPSA) is 61.1 Å². The van der Waals surface area contributed by atoms with E-state index in [1.165, 1.54) is 104 Å². The van der Waals surface area contributed by atoms with Gasteiger partial charge in [-0.25, -0.2) is 0 Å². The van der Waals surface area contributed by atoms with Crippen molar-refractivity contribution in [3.05, 3.63) is 0 Å². The van der Waals surface area contributed by atoms with E-state index in [9.17, 15) is 0 Å². The van der Waals surface area contributed by atoms with Crippen LogP contribution in [-0.2, 0) is 0 Å². The average molecular weight is 453 g/mol. The second-order valence-corrected chi connectivity index (χ2v) is 9.78. The smallest absolute Gasteiger partial charge is 0.0110 e. The molecule has 0 spiro atoms. The van der Waals surface area contributed by atoms with Crippen molar-refractivity contribution in [1.29, 1.82) is 0 Å². The van der Waals surface area contributed by atoms with E-state index in [1.807, 2.05) is 0 Å². The third kappa shape index (κ3) is 11.7. The van der Waals surface area contributed by atoms with Gasteiger partial charge in [0.15, 0.2) is 0 Å². The summed E-state index contributed by atoms with van der Waals surface area (Å²) in [6.07, 6.45) is 5.02. The Bertz CT molecular complexity index is 376. The van der Waals surface area contributed by atoms with Crippen LogP contribution in [0, 0.1) is 0 Å². The van der Waals surface area contributed by atoms with Crippen molar-refractivity contribution in [2.24, 2.45) is 0 Å². The van der Waals surface area contributed by atoms with Crippen molar-refractivity contribution in [1.82, 2.24) is 40.9 Å². The van der Waals surface area contributed by atoms with E-state index in [0.29, 0.717) is 0 Å². The zero-order valence-electron chi connectivity index (χ0n) is 20.8. The number of fused-ring (bicyclic) bond motifs is 6. The summed E-state index contributed by atoms with van der Waals surface area (Å²) in [6.45, 7) is 23.5. The summed E-state index contributed by atoms with van der Waals surface area (Å²) in [5, 5.41) is 14.6. The monoisotopic (exact) mass is 452 g/mol. The minimum atomic E-state index is 1.12. The van der Waals surface area contributed by atoms with Gasteiger partial charge in [0.2, 0.25) is 0 Å². The summed E-state index contributed by atoms with van der Waals surface area (Å²) < 4.78 is 0. The highest BCUT2D eigenvalue weighted by Gasteiger charge is 2.15. The first-order chi connectivity index (χ1) is 15.9. The van der Waals surface area contributed by atoms with Crippen LogP contribution in [0.1, 0.15) is 25.7 Å². The Hall–Kier alpha value is -0.320. The van der Waals surface area contributed by atoms with E-state index >= 15 is 0 Å². The molecule has 4 unspecified atom stereocenters. The molecule has 0 aromatic heterocycles. The van der Waals surface area contributed by atoms with Gasteiger partial charge in [-0.05, 0) is 78.0 Å².